The lowest BCUT2D eigenvalue weighted by Crippen LogP contribution is -2.35. The van der Waals surface area contributed by atoms with E-state index in [-0.39, 0.29) is 11.6 Å². The van der Waals surface area contributed by atoms with Crippen molar-refractivity contribution >= 4 is 0 Å². The third-order valence-electron chi connectivity index (χ3n) is 2.66. The average Bonchev–Trinajstić information content (AvgIpc) is 2.80. The first kappa shape index (κ1) is 13.2. The Balaban J connectivity index is 1.85. The summed E-state index contributed by atoms with van der Waals surface area (Å²) in [7, 11) is 0. The highest BCUT2D eigenvalue weighted by molar-refractivity contribution is 5.08. The predicted molar refractivity (Wildman–Crippen MR) is 68.5 cm³/mol. The average molecular weight is 251 g/mol. The topological polar surface area (TPSA) is 56.3 Å². The zero-order valence-electron chi connectivity index (χ0n) is 11.3. The van der Waals surface area contributed by atoms with Crippen molar-refractivity contribution in [3.8, 4) is 5.88 Å². The first-order chi connectivity index (χ1) is 8.53. The van der Waals surface area contributed by atoms with Crippen LogP contribution < -0.4 is 10.1 Å². The Labute approximate surface area is 108 Å². The number of hydrogen-bond acceptors (Lipinski definition) is 5. The molecule has 1 aromatic rings. The molecule has 18 heavy (non-hydrogen) atoms. The molecule has 0 aromatic carbocycles. The van der Waals surface area contributed by atoms with Crippen LogP contribution in [0.2, 0.25) is 0 Å². The molecule has 1 unspecified atom stereocenters. The van der Waals surface area contributed by atoms with Gasteiger partial charge in [0, 0.05) is 18.5 Å². The van der Waals surface area contributed by atoms with E-state index in [0.717, 1.165) is 18.7 Å². The molecule has 5 nitrogen and oxygen atoms in total. The van der Waals surface area contributed by atoms with Gasteiger partial charge in [-0.25, -0.2) is 4.98 Å². The number of nitrogens with zero attached hydrogens (tertiary/aromatic N) is 2. The van der Waals surface area contributed by atoms with Gasteiger partial charge in [0.1, 0.15) is 6.10 Å². The summed E-state index contributed by atoms with van der Waals surface area (Å²) in [5.74, 6) is 0.574. The van der Waals surface area contributed by atoms with Crippen LogP contribution >= 0.6 is 0 Å². The van der Waals surface area contributed by atoms with E-state index in [1.165, 1.54) is 0 Å². The van der Waals surface area contributed by atoms with Crippen molar-refractivity contribution in [2.45, 2.75) is 45.4 Å². The van der Waals surface area contributed by atoms with Gasteiger partial charge in [-0.3, -0.25) is 4.98 Å². The van der Waals surface area contributed by atoms with Crippen molar-refractivity contribution in [1.29, 1.82) is 0 Å². The van der Waals surface area contributed by atoms with Crippen LogP contribution in [-0.2, 0) is 11.3 Å². The molecular weight excluding hydrogens is 230 g/mol. The molecule has 5 heteroatoms. The van der Waals surface area contributed by atoms with Gasteiger partial charge in [-0.1, -0.05) is 0 Å². The van der Waals surface area contributed by atoms with Gasteiger partial charge in [-0.05, 0) is 20.8 Å². The van der Waals surface area contributed by atoms with E-state index in [2.05, 4.69) is 36.1 Å². The van der Waals surface area contributed by atoms with Gasteiger partial charge in [-0.15, -0.1) is 0 Å². The summed E-state index contributed by atoms with van der Waals surface area (Å²) < 4.78 is 10.9. The monoisotopic (exact) mass is 251 g/mol. The Morgan fingerprint density at radius 1 is 1.39 bits per heavy atom. The van der Waals surface area contributed by atoms with E-state index >= 15 is 0 Å². The van der Waals surface area contributed by atoms with Gasteiger partial charge in [0.25, 0.3) is 0 Å². The molecule has 100 valence electrons. The van der Waals surface area contributed by atoms with Gasteiger partial charge in [0.15, 0.2) is 0 Å². The number of aromatic nitrogens is 2. The van der Waals surface area contributed by atoms with E-state index < -0.39 is 0 Å². The van der Waals surface area contributed by atoms with E-state index in [4.69, 9.17) is 9.47 Å². The highest BCUT2D eigenvalue weighted by Gasteiger charge is 2.17. The van der Waals surface area contributed by atoms with Gasteiger partial charge >= 0.3 is 0 Å². The second kappa shape index (κ2) is 5.63. The Morgan fingerprint density at radius 3 is 2.78 bits per heavy atom. The standard InChI is InChI=1S/C13H21N3O2/c1-13(2,3)16-7-10-6-15-12(8-14-10)18-11-4-5-17-9-11/h6,8,11,16H,4-5,7,9H2,1-3H3. The van der Waals surface area contributed by atoms with E-state index in [0.29, 0.717) is 19.0 Å². The largest absolute Gasteiger partial charge is 0.471 e. The van der Waals surface area contributed by atoms with Crippen molar-refractivity contribution in [2.75, 3.05) is 13.2 Å². The molecule has 0 amide bonds. The molecule has 1 aliphatic heterocycles. The van der Waals surface area contributed by atoms with Gasteiger partial charge in [0.05, 0.1) is 31.3 Å². The normalized spacial score (nSPS) is 20.1. The Morgan fingerprint density at radius 2 is 2.22 bits per heavy atom. The zero-order valence-corrected chi connectivity index (χ0v) is 11.3. The molecule has 1 aromatic heterocycles. The lowest BCUT2D eigenvalue weighted by molar-refractivity contribution is 0.137. The van der Waals surface area contributed by atoms with E-state index in [9.17, 15) is 0 Å². The molecular formula is C13H21N3O2. The van der Waals surface area contributed by atoms with Gasteiger partial charge < -0.3 is 14.8 Å². The number of rotatable bonds is 4. The van der Waals surface area contributed by atoms with Crippen molar-refractivity contribution in [1.82, 2.24) is 15.3 Å². The molecule has 2 heterocycles. The van der Waals surface area contributed by atoms with Crippen molar-refractivity contribution in [3.05, 3.63) is 18.1 Å². The predicted octanol–water partition coefficient (Wildman–Crippen LogP) is 1.53. The Bertz CT molecular complexity index is 367. The lowest BCUT2D eigenvalue weighted by Gasteiger charge is -2.20. The minimum absolute atomic E-state index is 0.0814. The highest BCUT2D eigenvalue weighted by atomic mass is 16.5. The highest BCUT2D eigenvalue weighted by Crippen LogP contribution is 2.13. The minimum Gasteiger partial charge on any atom is -0.471 e. The fraction of sp³-hybridized carbons (Fsp3) is 0.692. The Kier molecular flexibility index (Phi) is 4.14. The van der Waals surface area contributed by atoms with Gasteiger partial charge in [0.2, 0.25) is 5.88 Å². The fourth-order valence-electron chi connectivity index (χ4n) is 1.63. The summed E-state index contributed by atoms with van der Waals surface area (Å²) in [6.45, 7) is 8.50. The molecule has 0 spiro atoms. The van der Waals surface area contributed by atoms with Crippen LogP contribution in [-0.4, -0.2) is 34.8 Å². The summed E-state index contributed by atoms with van der Waals surface area (Å²) in [5, 5.41) is 3.37. The maximum absolute atomic E-state index is 5.66. The van der Waals surface area contributed by atoms with E-state index in [1.807, 2.05) is 0 Å². The summed E-state index contributed by atoms with van der Waals surface area (Å²) in [4.78, 5) is 8.60. The van der Waals surface area contributed by atoms with Gasteiger partial charge in [-0.2, -0.15) is 0 Å². The van der Waals surface area contributed by atoms with Crippen molar-refractivity contribution in [2.24, 2.45) is 0 Å². The lowest BCUT2D eigenvalue weighted by atomic mass is 10.1. The van der Waals surface area contributed by atoms with E-state index in [1.54, 1.807) is 12.4 Å². The molecule has 1 atom stereocenters. The van der Waals surface area contributed by atoms with Crippen LogP contribution in [0.1, 0.15) is 32.9 Å². The second-order valence-corrected chi connectivity index (χ2v) is 5.55. The van der Waals surface area contributed by atoms with Crippen LogP contribution in [0.15, 0.2) is 12.4 Å². The molecule has 1 aliphatic rings. The van der Waals surface area contributed by atoms with Crippen LogP contribution in [0.5, 0.6) is 5.88 Å². The Hall–Kier alpha value is -1.20. The smallest absolute Gasteiger partial charge is 0.232 e. The quantitative estimate of drug-likeness (QED) is 0.879. The zero-order chi connectivity index (χ0) is 13.0. The number of hydrogen-bond donors (Lipinski definition) is 1. The molecule has 1 N–H and O–H groups in total. The third-order valence-corrected chi connectivity index (χ3v) is 2.66. The van der Waals surface area contributed by atoms with Crippen molar-refractivity contribution < 1.29 is 9.47 Å². The first-order valence-electron chi connectivity index (χ1n) is 6.33. The fourth-order valence-corrected chi connectivity index (χ4v) is 1.63. The van der Waals surface area contributed by atoms with Crippen molar-refractivity contribution in [3.63, 3.8) is 0 Å². The van der Waals surface area contributed by atoms with Crippen LogP contribution in [0.3, 0.4) is 0 Å². The third kappa shape index (κ3) is 4.23. The SMILES string of the molecule is CC(C)(C)NCc1cnc(OC2CCOC2)cn1. The molecule has 0 radical (unpaired) electrons. The van der Waals surface area contributed by atoms with Crippen LogP contribution in [0.25, 0.3) is 0 Å². The molecule has 1 fully saturated rings. The maximum Gasteiger partial charge on any atom is 0.232 e. The summed E-state index contributed by atoms with van der Waals surface area (Å²) in [5.41, 5.74) is 0.998. The maximum atomic E-state index is 5.66. The summed E-state index contributed by atoms with van der Waals surface area (Å²) in [6, 6.07) is 0. The van der Waals surface area contributed by atoms with Crippen LogP contribution in [0.4, 0.5) is 0 Å². The first-order valence-corrected chi connectivity index (χ1v) is 6.33. The number of nitrogens with one attached hydrogen (secondary N) is 1. The molecule has 2 rings (SSSR count). The molecule has 1 saturated heterocycles. The van der Waals surface area contributed by atoms with Crippen LogP contribution in [0, 0.1) is 0 Å². The minimum atomic E-state index is 0.0814. The number of ether oxygens (including phenoxy) is 2. The summed E-state index contributed by atoms with van der Waals surface area (Å²) in [6.07, 6.45) is 4.48. The molecule has 0 bridgehead atoms. The summed E-state index contributed by atoms with van der Waals surface area (Å²) >= 11 is 0. The molecule has 0 saturated carbocycles. The second-order valence-electron chi connectivity index (χ2n) is 5.55. The molecule has 0 aliphatic carbocycles.